The fourth-order valence-electron chi connectivity index (χ4n) is 3.47. The fourth-order valence-corrected chi connectivity index (χ4v) is 3.47. The monoisotopic (exact) mass is 371 g/mol. The number of phenols is 2. The highest BCUT2D eigenvalue weighted by molar-refractivity contribution is 5.44. The van der Waals surface area contributed by atoms with Crippen LogP contribution in [-0.2, 0) is 13.1 Å². The lowest BCUT2D eigenvalue weighted by Crippen LogP contribution is -2.41. The Labute approximate surface area is 164 Å². The van der Waals surface area contributed by atoms with Gasteiger partial charge in [-0.05, 0) is 38.8 Å². The van der Waals surface area contributed by atoms with Crippen molar-refractivity contribution in [3.63, 3.8) is 0 Å². The third kappa shape index (κ3) is 5.98. The first-order chi connectivity index (χ1) is 12.5. The van der Waals surface area contributed by atoms with Crippen LogP contribution in [0.1, 0.15) is 33.4 Å². The molecule has 2 aromatic rings. The third-order valence-corrected chi connectivity index (χ3v) is 4.92. The smallest absolute Gasteiger partial charge is 0.122 e. The Hall–Kier alpha value is -2.04. The van der Waals surface area contributed by atoms with E-state index < -0.39 is 0 Å². The second-order valence-electron chi connectivity index (χ2n) is 8.90. The van der Waals surface area contributed by atoms with E-state index in [4.69, 9.17) is 0 Å². The molecule has 2 rings (SSSR count). The lowest BCUT2D eigenvalue weighted by molar-refractivity contribution is -0.869. The highest BCUT2D eigenvalue weighted by Crippen LogP contribution is 2.28. The van der Waals surface area contributed by atoms with Crippen molar-refractivity contribution < 1.29 is 14.7 Å². The Morgan fingerprint density at radius 2 is 1.15 bits per heavy atom. The van der Waals surface area contributed by atoms with Crippen LogP contribution >= 0.6 is 0 Å². The van der Waals surface area contributed by atoms with E-state index in [9.17, 15) is 10.2 Å². The van der Waals surface area contributed by atoms with E-state index in [2.05, 4.69) is 52.0 Å². The summed E-state index contributed by atoms with van der Waals surface area (Å²) in [6.07, 6.45) is 0. The van der Waals surface area contributed by atoms with Gasteiger partial charge in [-0.15, -0.1) is 0 Å². The van der Waals surface area contributed by atoms with Crippen LogP contribution in [0.4, 0.5) is 0 Å². The van der Waals surface area contributed by atoms with Gasteiger partial charge >= 0.3 is 0 Å². The molecule has 4 nitrogen and oxygen atoms in total. The van der Waals surface area contributed by atoms with Crippen LogP contribution in [0.5, 0.6) is 11.5 Å². The molecule has 0 radical (unpaired) electrons. The van der Waals surface area contributed by atoms with Crippen LogP contribution in [-0.4, -0.2) is 53.8 Å². The lowest BCUT2D eigenvalue weighted by atomic mass is 10.0. The molecule has 0 aliphatic carbocycles. The molecule has 27 heavy (non-hydrogen) atoms. The quantitative estimate of drug-likeness (QED) is 0.722. The minimum Gasteiger partial charge on any atom is -0.507 e. The number of likely N-dealkylation sites (N-methyl/N-ethyl adjacent to an activating group) is 1. The van der Waals surface area contributed by atoms with Gasteiger partial charge in [0, 0.05) is 30.8 Å². The highest BCUT2D eigenvalue weighted by atomic mass is 16.3. The molecule has 0 amide bonds. The van der Waals surface area contributed by atoms with Crippen molar-refractivity contribution in [3.05, 3.63) is 57.6 Å². The molecular weight excluding hydrogens is 336 g/mol. The maximum absolute atomic E-state index is 10.5. The molecule has 0 unspecified atom stereocenters. The number of benzene rings is 2. The van der Waals surface area contributed by atoms with Crippen molar-refractivity contribution in [2.24, 2.45) is 0 Å². The molecule has 0 aromatic heterocycles. The first kappa shape index (κ1) is 21.3. The van der Waals surface area contributed by atoms with E-state index >= 15 is 0 Å². The van der Waals surface area contributed by atoms with Crippen LogP contribution in [0.15, 0.2) is 24.3 Å². The summed E-state index contributed by atoms with van der Waals surface area (Å²) >= 11 is 0. The topological polar surface area (TPSA) is 43.7 Å². The molecule has 2 N–H and O–H groups in total. The summed E-state index contributed by atoms with van der Waals surface area (Å²) in [5.74, 6) is 0.751. The zero-order valence-corrected chi connectivity index (χ0v) is 17.9. The number of aryl methyl sites for hydroxylation is 4. The summed E-state index contributed by atoms with van der Waals surface area (Å²) in [5.41, 5.74) is 6.01. The van der Waals surface area contributed by atoms with Gasteiger partial charge in [-0.25, -0.2) is 0 Å². The first-order valence-electron chi connectivity index (χ1n) is 9.57. The molecule has 0 heterocycles. The molecule has 4 heteroatoms. The normalized spacial score (nSPS) is 12.0. The summed E-state index contributed by atoms with van der Waals surface area (Å²) in [5, 5.41) is 21.1. The van der Waals surface area contributed by atoms with E-state index in [1.165, 1.54) is 0 Å². The van der Waals surface area contributed by atoms with Crippen LogP contribution in [0, 0.1) is 27.7 Å². The summed E-state index contributed by atoms with van der Waals surface area (Å²) in [6.45, 7) is 11.2. The number of hydrogen-bond donors (Lipinski definition) is 2. The van der Waals surface area contributed by atoms with Gasteiger partial charge < -0.3 is 14.7 Å². The van der Waals surface area contributed by atoms with Crippen LogP contribution in [0.2, 0.25) is 0 Å². The summed E-state index contributed by atoms with van der Waals surface area (Å²) in [6, 6.07) is 8.13. The van der Waals surface area contributed by atoms with E-state index in [1.807, 2.05) is 26.0 Å². The Bertz CT molecular complexity index is 748. The average molecular weight is 372 g/mol. The molecule has 148 valence electrons. The van der Waals surface area contributed by atoms with Gasteiger partial charge in [-0.2, -0.15) is 0 Å². The van der Waals surface area contributed by atoms with Gasteiger partial charge in [0.15, 0.2) is 0 Å². The van der Waals surface area contributed by atoms with Crippen LogP contribution in [0.3, 0.4) is 0 Å². The molecule has 0 bridgehead atoms. The number of hydrogen-bond acceptors (Lipinski definition) is 3. The first-order valence-corrected chi connectivity index (χ1v) is 9.57. The Kier molecular flexibility index (Phi) is 6.55. The minimum atomic E-state index is 0.375. The minimum absolute atomic E-state index is 0.375. The van der Waals surface area contributed by atoms with Crippen molar-refractivity contribution in [2.75, 3.05) is 34.2 Å². The van der Waals surface area contributed by atoms with Gasteiger partial charge in [0.1, 0.15) is 11.5 Å². The van der Waals surface area contributed by atoms with Gasteiger partial charge in [0.2, 0.25) is 0 Å². The summed E-state index contributed by atoms with van der Waals surface area (Å²) < 4.78 is 0.869. The molecule has 0 atom stereocenters. The Morgan fingerprint density at radius 3 is 1.52 bits per heavy atom. The van der Waals surface area contributed by atoms with Crippen LogP contribution in [0.25, 0.3) is 0 Å². The van der Waals surface area contributed by atoms with Gasteiger partial charge in [-0.1, -0.05) is 35.4 Å². The summed E-state index contributed by atoms with van der Waals surface area (Å²) in [4.78, 5) is 2.31. The van der Waals surface area contributed by atoms with E-state index in [1.54, 1.807) is 0 Å². The zero-order chi connectivity index (χ0) is 20.4. The summed E-state index contributed by atoms with van der Waals surface area (Å²) in [7, 11) is 6.54. The molecule has 2 aromatic carbocycles. The lowest BCUT2D eigenvalue weighted by Gasteiger charge is -2.30. The van der Waals surface area contributed by atoms with Crippen molar-refractivity contribution >= 4 is 0 Å². The van der Waals surface area contributed by atoms with Gasteiger partial charge in [0.25, 0.3) is 0 Å². The van der Waals surface area contributed by atoms with E-state index in [-0.39, 0.29) is 0 Å². The number of quaternary nitrogens is 1. The third-order valence-electron chi connectivity index (χ3n) is 4.92. The Balaban J connectivity index is 2.32. The SMILES string of the molecule is Cc1cc(C)c(O)c(CN(CC[N+](C)(C)C)Cc2cc(C)cc(C)c2O)c1. The number of phenolic OH excluding ortho intramolecular Hbond substituents is 2. The predicted octanol–water partition coefficient (Wildman–Crippen LogP) is 4.04. The van der Waals surface area contributed by atoms with Crippen LogP contribution < -0.4 is 0 Å². The zero-order valence-electron chi connectivity index (χ0n) is 17.9. The molecule has 0 saturated heterocycles. The molecule has 0 saturated carbocycles. The van der Waals surface area contributed by atoms with Gasteiger partial charge in [0.05, 0.1) is 27.7 Å². The second-order valence-corrected chi connectivity index (χ2v) is 8.90. The molecule has 0 aliphatic heterocycles. The van der Waals surface area contributed by atoms with Crippen molar-refractivity contribution in [1.29, 1.82) is 0 Å². The van der Waals surface area contributed by atoms with Crippen molar-refractivity contribution in [3.8, 4) is 11.5 Å². The fraction of sp³-hybridized carbons (Fsp3) is 0.478. The number of aromatic hydroxyl groups is 2. The van der Waals surface area contributed by atoms with E-state index in [0.717, 1.165) is 51.0 Å². The maximum atomic E-state index is 10.5. The molecule has 0 spiro atoms. The predicted molar refractivity (Wildman–Crippen MR) is 112 cm³/mol. The highest BCUT2D eigenvalue weighted by Gasteiger charge is 2.17. The largest absolute Gasteiger partial charge is 0.507 e. The molecule has 0 fully saturated rings. The van der Waals surface area contributed by atoms with E-state index in [0.29, 0.717) is 24.6 Å². The van der Waals surface area contributed by atoms with Crippen molar-refractivity contribution in [1.82, 2.24) is 4.90 Å². The number of rotatable bonds is 7. The van der Waals surface area contributed by atoms with Gasteiger partial charge in [-0.3, -0.25) is 4.90 Å². The van der Waals surface area contributed by atoms with Crippen molar-refractivity contribution in [2.45, 2.75) is 40.8 Å². The Morgan fingerprint density at radius 1 is 0.741 bits per heavy atom. The standard InChI is InChI=1S/C23H34N2O2/c1-16-10-18(3)22(26)20(12-16)14-24(8-9-25(5,6)7)15-21-13-17(2)11-19(4)23(21)27/h10-13H,8-9,14-15H2,1-7H3,(H-,26,27)/p+1. The molecule has 0 aliphatic rings. The maximum Gasteiger partial charge on any atom is 0.122 e. The number of nitrogens with zero attached hydrogens (tertiary/aromatic N) is 2. The average Bonchev–Trinajstić information content (AvgIpc) is 2.53. The second kappa shape index (κ2) is 8.32. The molecular formula is C23H35N2O2+.